The summed E-state index contributed by atoms with van der Waals surface area (Å²) in [6, 6.07) is 14.2. The molecule has 2 aromatic carbocycles. The van der Waals surface area contributed by atoms with Crippen LogP contribution in [-0.2, 0) is 24.3 Å². The molecule has 1 N–H and O–H groups in total. The molecule has 0 bridgehead atoms. The number of allylic oxidation sites excluding steroid dienone is 2. The Hall–Kier alpha value is -3.13. The molecule has 0 unspecified atom stereocenters. The van der Waals surface area contributed by atoms with Crippen LogP contribution in [0.25, 0.3) is 5.57 Å². The van der Waals surface area contributed by atoms with Gasteiger partial charge in [-0.3, -0.25) is 14.3 Å². The molecular weight excluding hydrogens is 430 g/mol. The maximum absolute atomic E-state index is 13.1. The fraction of sp³-hybridized carbons (Fsp3) is 0.333. The summed E-state index contributed by atoms with van der Waals surface area (Å²) in [4.78, 5) is 25.8. The van der Waals surface area contributed by atoms with Gasteiger partial charge in [0.15, 0.2) is 5.78 Å². The lowest BCUT2D eigenvalue weighted by atomic mass is 9.73. The molecule has 2 atom stereocenters. The molecule has 0 fully saturated rings. The average Bonchev–Trinajstić information content (AvgIpc) is 2.73. The lowest BCUT2D eigenvalue weighted by Gasteiger charge is -2.30. The van der Waals surface area contributed by atoms with Crippen LogP contribution in [0.2, 0.25) is 0 Å². The molecule has 8 heteroatoms. The molecule has 32 heavy (non-hydrogen) atoms. The van der Waals surface area contributed by atoms with Crippen molar-refractivity contribution in [2.45, 2.75) is 26.2 Å². The highest BCUT2D eigenvalue weighted by atomic mass is 32.2. The molecule has 170 valence electrons. The molecule has 7 nitrogen and oxygen atoms in total. The van der Waals surface area contributed by atoms with E-state index in [1.165, 1.54) is 6.08 Å². The van der Waals surface area contributed by atoms with E-state index in [0.29, 0.717) is 24.5 Å². The van der Waals surface area contributed by atoms with Crippen molar-refractivity contribution in [2.24, 2.45) is 5.92 Å². The lowest BCUT2D eigenvalue weighted by Crippen LogP contribution is -2.34. The van der Waals surface area contributed by atoms with Gasteiger partial charge in [0.2, 0.25) is 10.0 Å². The summed E-state index contributed by atoms with van der Waals surface area (Å²) in [5, 5.41) is 0. The van der Waals surface area contributed by atoms with Gasteiger partial charge in [0.25, 0.3) is 0 Å². The molecule has 2 aromatic rings. The third-order valence-corrected chi connectivity index (χ3v) is 5.79. The number of hydrogen-bond acceptors (Lipinski definition) is 6. The van der Waals surface area contributed by atoms with E-state index in [1.54, 1.807) is 31.2 Å². The minimum Gasteiger partial charge on any atom is -0.494 e. The molecule has 1 aliphatic rings. The van der Waals surface area contributed by atoms with Crippen molar-refractivity contribution in [3.05, 3.63) is 65.7 Å². The molecule has 3 rings (SSSR count). The Morgan fingerprint density at radius 1 is 1.06 bits per heavy atom. The van der Waals surface area contributed by atoms with E-state index in [0.717, 1.165) is 23.0 Å². The lowest BCUT2D eigenvalue weighted by molar-refractivity contribution is -0.151. The molecule has 0 spiro atoms. The van der Waals surface area contributed by atoms with Crippen LogP contribution in [-0.4, -0.2) is 39.6 Å². The third kappa shape index (κ3) is 5.56. The predicted molar refractivity (Wildman–Crippen MR) is 123 cm³/mol. The Kier molecular flexibility index (Phi) is 7.35. The van der Waals surface area contributed by atoms with Crippen molar-refractivity contribution in [2.75, 3.05) is 24.2 Å². The molecule has 0 amide bonds. The molecule has 0 saturated carbocycles. The first-order valence-corrected chi connectivity index (χ1v) is 12.3. The molecule has 0 radical (unpaired) electrons. The minimum atomic E-state index is -3.39. The number of carbonyl (C=O) groups excluding carboxylic acids is 2. The Labute approximate surface area is 188 Å². The smallest absolute Gasteiger partial charge is 0.317 e. The van der Waals surface area contributed by atoms with Gasteiger partial charge in [0.1, 0.15) is 11.7 Å². The van der Waals surface area contributed by atoms with Crippen molar-refractivity contribution in [1.82, 2.24) is 0 Å². The van der Waals surface area contributed by atoms with Gasteiger partial charge in [-0.15, -0.1) is 0 Å². The van der Waals surface area contributed by atoms with Crippen LogP contribution in [0, 0.1) is 5.92 Å². The molecular formula is C24H27NO6S. The van der Waals surface area contributed by atoms with Crippen LogP contribution < -0.4 is 9.46 Å². The average molecular weight is 458 g/mol. The summed E-state index contributed by atoms with van der Waals surface area (Å²) in [5.74, 6) is -1.63. The fourth-order valence-corrected chi connectivity index (χ4v) is 4.48. The summed E-state index contributed by atoms with van der Waals surface area (Å²) in [7, 11) is -3.39. The predicted octanol–water partition coefficient (Wildman–Crippen LogP) is 3.78. The van der Waals surface area contributed by atoms with Crippen LogP contribution in [0.5, 0.6) is 5.75 Å². The Morgan fingerprint density at radius 3 is 2.38 bits per heavy atom. The van der Waals surface area contributed by atoms with Gasteiger partial charge >= 0.3 is 5.97 Å². The van der Waals surface area contributed by atoms with Crippen molar-refractivity contribution in [3.63, 3.8) is 0 Å². The number of para-hydroxylation sites is 1. The van der Waals surface area contributed by atoms with Crippen molar-refractivity contribution in [1.29, 1.82) is 0 Å². The zero-order valence-corrected chi connectivity index (χ0v) is 19.1. The number of esters is 1. The summed E-state index contributed by atoms with van der Waals surface area (Å²) >= 11 is 0. The summed E-state index contributed by atoms with van der Waals surface area (Å²) in [6.45, 7) is 4.23. The number of ketones is 1. The molecule has 0 aliphatic heterocycles. The highest BCUT2D eigenvalue weighted by molar-refractivity contribution is 7.92. The van der Waals surface area contributed by atoms with Crippen molar-refractivity contribution in [3.8, 4) is 5.75 Å². The second-order valence-corrected chi connectivity index (χ2v) is 9.28. The quantitative estimate of drug-likeness (QED) is 0.479. The number of carbonyl (C=O) groups is 2. The maximum atomic E-state index is 13.1. The zero-order valence-electron chi connectivity index (χ0n) is 18.3. The van der Waals surface area contributed by atoms with Crippen molar-refractivity contribution >= 4 is 33.0 Å². The topological polar surface area (TPSA) is 98.8 Å². The van der Waals surface area contributed by atoms with Gasteiger partial charge in [-0.2, -0.15) is 0 Å². The number of nitrogens with one attached hydrogen (secondary N) is 1. The first kappa shape index (κ1) is 23.5. The number of benzene rings is 2. The zero-order chi connectivity index (χ0) is 23.3. The van der Waals surface area contributed by atoms with Gasteiger partial charge in [-0.25, -0.2) is 8.42 Å². The van der Waals surface area contributed by atoms with Gasteiger partial charge in [-0.1, -0.05) is 30.3 Å². The SMILES string of the molecule is CCOC(=O)[C@H]1C(=O)C=C(c2ccc(NS(C)(=O)=O)cc2)C[C@H]1c1ccccc1OCC. The summed E-state index contributed by atoms with van der Waals surface area (Å²) < 4.78 is 36.3. The molecule has 1 aliphatic carbocycles. The van der Waals surface area contributed by atoms with Crippen LogP contribution in [0.1, 0.15) is 37.3 Å². The summed E-state index contributed by atoms with van der Waals surface area (Å²) in [5.41, 5.74) is 2.75. The van der Waals surface area contributed by atoms with Gasteiger partial charge in [0, 0.05) is 11.6 Å². The number of sulfonamides is 1. The highest BCUT2D eigenvalue weighted by Gasteiger charge is 2.40. The highest BCUT2D eigenvalue weighted by Crippen LogP contribution is 2.43. The summed E-state index contributed by atoms with van der Waals surface area (Å²) in [6.07, 6.45) is 3.00. The number of anilines is 1. The van der Waals surface area contributed by atoms with E-state index in [9.17, 15) is 18.0 Å². The first-order valence-electron chi connectivity index (χ1n) is 10.4. The Morgan fingerprint density at radius 2 is 1.75 bits per heavy atom. The second-order valence-electron chi connectivity index (χ2n) is 7.53. The Balaban J connectivity index is 2.00. The van der Waals surface area contributed by atoms with Crippen LogP contribution in [0.4, 0.5) is 5.69 Å². The minimum absolute atomic E-state index is 0.188. The standard InChI is InChI=1S/C24H27NO6S/c1-4-30-22-9-7-6-8-19(22)20-14-17(15-21(26)23(20)24(27)31-5-2)16-10-12-18(13-11-16)25-32(3,28)29/h6-13,15,20,23,25H,4-5,14H2,1-3H3/t20-,23+/m0/s1. The number of rotatable bonds is 8. The monoisotopic (exact) mass is 457 g/mol. The number of ether oxygens (including phenoxy) is 2. The van der Waals surface area contributed by atoms with Gasteiger partial charge in [0.05, 0.1) is 19.5 Å². The van der Waals surface area contributed by atoms with E-state index in [4.69, 9.17) is 9.47 Å². The number of hydrogen-bond donors (Lipinski definition) is 1. The largest absolute Gasteiger partial charge is 0.494 e. The van der Waals surface area contributed by atoms with E-state index >= 15 is 0 Å². The van der Waals surface area contributed by atoms with Crippen LogP contribution in [0.3, 0.4) is 0 Å². The van der Waals surface area contributed by atoms with E-state index in [1.807, 2.05) is 31.2 Å². The normalized spacial score (nSPS) is 18.6. The van der Waals surface area contributed by atoms with E-state index < -0.39 is 27.8 Å². The molecule has 0 aromatic heterocycles. The maximum Gasteiger partial charge on any atom is 0.317 e. The second kappa shape index (κ2) is 9.99. The van der Waals surface area contributed by atoms with Crippen molar-refractivity contribution < 1.29 is 27.5 Å². The van der Waals surface area contributed by atoms with Gasteiger partial charge in [-0.05, 0) is 61.2 Å². The molecule has 0 heterocycles. The third-order valence-electron chi connectivity index (χ3n) is 5.18. The molecule has 0 saturated heterocycles. The van der Waals surface area contributed by atoms with Gasteiger partial charge < -0.3 is 9.47 Å². The van der Waals surface area contributed by atoms with E-state index in [2.05, 4.69) is 4.72 Å². The Bertz CT molecular complexity index is 1120. The first-order chi connectivity index (χ1) is 15.2. The van der Waals surface area contributed by atoms with Crippen LogP contribution >= 0.6 is 0 Å². The van der Waals surface area contributed by atoms with E-state index in [-0.39, 0.29) is 12.4 Å². The fourth-order valence-electron chi connectivity index (χ4n) is 3.92. The van der Waals surface area contributed by atoms with Crippen LogP contribution in [0.15, 0.2) is 54.6 Å².